The molecule has 0 spiro atoms. The van der Waals surface area contributed by atoms with Crippen molar-refractivity contribution in [3.63, 3.8) is 0 Å². The van der Waals surface area contributed by atoms with E-state index in [1.807, 2.05) is 11.0 Å². The SMILES string of the molecule is Cl.NCC1CCN(C(=O)CCn2nnc3ccccc3c2=O)CC1. The van der Waals surface area contributed by atoms with Crippen LogP contribution in [-0.2, 0) is 11.3 Å². The van der Waals surface area contributed by atoms with Crippen LogP contribution in [0.15, 0.2) is 29.1 Å². The highest BCUT2D eigenvalue weighted by Gasteiger charge is 2.21. The summed E-state index contributed by atoms with van der Waals surface area (Å²) in [5, 5.41) is 8.47. The van der Waals surface area contributed by atoms with Crippen molar-refractivity contribution in [3.8, 4) is 0 Å². The highest BCUT2D eigenvalue weighted by atomic mass is 35.5. The first-order chi connectivity index (χ1) is 11.2. The highest BCUT2D eigenvalue weighted by Crippen LogP contribution is 2.16. The average Bonchev–Trinajstić information content (AvgIpc) is 2.61. The molecule has 0 aliphatic carbocycles. The zero-order chi connectivity index (χ0) is 16.2. The first kappa shape index (κ1) is 18.4. The number of nitrogens with zero attached hydrogens (tertiary/aromatic N) is 4. The molecular weight excluding hydrogens is 330 g/mol. The van der Waals surface area contributed by atoms with E-state index >= 15 is 0 Å². The van der Waals surface area contributed by atoms with Gasteiger partial charge in [-0.05, 0) is 37.4 Å². The topological polar surface area (TPSA) is 94.1 Å². The molecule has 0 saturated carbocycles. The third-order valence-corrected chi connectivity index (χ3v) is 4.47. The second-order valence-electron chi connectivity index (χ2n) is 5.94. The minimum Gasteiger partial charge on any atom is -0.343 e. The summed E-state index contributed by atoms with van der Waals surface area (Å²) >= 11 is 0. The van der Waals surface area contributed by atoms with Crippen LogP contribution in [0.3, 0.4) is 0 Å². The number of piperidine rings is 1. The summed E-state index contributed by atoms with van der Waals surface area (Å²) in [7, 11) is 0. The molecule has 2 aromatic rings. The lowest BCUT2D eigenvalue weighted by Gasteiger charge is -2.31. The van der Waals surface area contributed by atoms with Gasteiger partial charge in [-0.15, -0.1) is 17.5 Å². The third-order valence-electron chi connectivity index (χ3n) is 4.47. The number of fused-ring (bicyclic) bond motifs is 1. The van der Waals surface area contributed by atoms with Gasteiger partial charge >= 0.3 is 0 Å². The number of hydrogen-bond acceptors (Lipinski definition) is 5. The molecule has 1 aliphatic rings. The van der Waals surface area contributed by atoms with Gasteiger partial charge in [0.05, 0.1) is 11.9 Å². The van der Waals surface area contributed by atoms with Gasteiger partial charge in [-0.3, -0.25) is 9.59 Å². The summed E-state index contributed by atoms with van der Waals surface area (Å²) in [4.78, 5) is 26.4. The van der Waals surface area contributed by atoms with Crippen molar-refractivity contribution in [2.75, 3.05) is 19.6 Å². The lowest BCUT2D eigenvalue weighted by Crippen LogP contribution is -2.40. The zero-order valence-electron chi connectivity index (χ0n) is 13.4. The molecular formula is C16H22ClN5O2. The summed E-state index contributed by atoms with van der Waals surface area (Å²) in [6.07, 6.45) is 2.18. The van der Waals surface area contributed by atoms with Crippen LogP contribution in [0.2, 0.25) is 0 Å². The second-order valence-corrected chi connectivity index (χ2v) is 5.94. The van der Waals surface area contributed by atoms with Gasteiger partial charge in [-0.25, -0.2) is 4.68 Å². The maximum Gasteiger partial charge on any atom is 0.277 e. The van der Waals surface area contributed by atoms with Gasteiger partial charge in [0, 0.05) is 19.5 Å². The van der Waals surface area contributed by atoms with E-state index in [1.54, 1.807) is 18.2 Å². The van der Waals surface area contributed by atoms with Crippen molar-refractivity contribution < 1.29 is 4.79 Å². The predicted octanol–water partition coefficient (Wildman–Crippen LogP) is 0.801. The van der Waals surface area contributed by atoms with Crippen molar-refractivity contribution in [2.45, 2.75) is 25.8 Å². The van der Waals surface area contributed by atoms with Crippen LogP contribution in [0.25, 0.3) is 10.9 Å². The number of aromatic nitrogens is 3. The van der Waals surface area contributed by atoms with Crippen LogP contribution < -0.4 is 11.3 Å². The maximum absolute atomic E-state index is 12.3. The number of halogens is 1. The van der Waals surface area contributed by atoms with Gasteiger partial charge < -0.3 is 10.6 Å². The molecule has 8 heteroatoms. The fourth-order valence-corrected chi connectivity index (χ4v) is 2.95. The average molecular weight is 352 g/mol. The lowest BCUT2D eigenvalue weighted by molar-refractivity contribution is -0.132. The lowest BCUT2D eigenvalue weighted by atomic mass is 9.97. The molecule has 1 aliphatic heterocycles. The summed E-state index contributed by atoms with van der Waals surface area (Å²) < 4.78 is 1.27. The number of hydrogen-bond donors (Lipinski definition) is 1. The molecule has 0 atom stereocenters. The maximum atomic E-state index is 12.3. The van der Waals surface area contributed by atoms with E-state index in [9.17, 15) is 9.59 Å². The Morgan fingerprint density at radius 3 is 2.67 bits per heavy atom. The Kier molecular flexibility index (Phi) is 6.28. The van der Waals surface area contributed by atoms with Crippen molar-refractivity contribution in [1.82, 2.24) is 19.9 Å². The summed E-state index contributed by atoms with van der Waals surface area (Å²) in [5.41, 5.74) is 6.03. The smallest absolute Gasteiger partial charge is 0.277 e. The van der Waals surface area contributed by atoms with Crippen LogP contribution >= 0.6 is 12.4 Å². The Morgan fingerprint density at radius 2 is 1.96 bits per heavy atom. The Morgan fingerprint density at radius 1 is 1.25 bits per heavy atom. The van der Waals surface area contributed by atoms with E-state index in [1.165, 1.54) is 4.68 Å². The number of rotatable bonds is 4. The second kappa shape index (κ2) is 8.21. The number of benzene rings is 1. The van der Waals surface area contributed by atoms with Crippen LogP contribution in [0.5, 0.6) is 0 Å². The van der Waals surface area contributed by atoms with Crippen molar-refractivity contribution in [2.24, 2.45) is 11.7 Å². The van der Waals surface area contributed by atoms with Crippen LogP contribution in [0.1, 0.15) is 19.3 Å². The first-order valence-corrected chi connectivity index (χ1v) is 7.99. The molecule has 1 aromatic heterocycles. The van der Waals surface area contributed by atoms with Gasteiger partial charge in [0.1, 0.15) is 5.52 Å². The summed E-state index contributed by atoms with van der Waals surface area (Å²) in [6, 6.07) is 7.08. The van der Waals surface area contributed by atoms with E-state index in [0.717, 1.165) is 25.9 Å². The molecule has 0 bridgehead atoms. The molecule has 0 radical (unpaired) electrons. The Labute approximate surface area is 146 Å². The molecule has 24 heavy (non-hydrogen) atoms. The van der Waals surface area contributed by atoms with Gasteiger partial charge in [0.25, 0.3) is 5.56 Å². The monoisotopic (exact) mass is 351 g/mol. The van der Waals surface area contributed by atoms with Crippen molar-refractivity contribution >= 4 is 29.2 Å². The number of likely N-dealkylation sites (tertiary alicyclic amines) is 1. The zero-order valence-corrected chi connectivity index (χ0v) is 14.2. The van der Waals surface area contributed by atoms with Gasteiger partial charge in [0.2, 0.25) is 5.91 Å². The quantitative estimate of drug-likeness (QED) is 0.879. The molecule has 1 fully saturated rings. The summed E-state index contributed by atoms with van der Waals surface area (Å²) in [6.45, 7) is 2.44. The number of carbonyl (C=O) groups is 1. The Hall–Kier alpha value is -1.99. The fourth-order valence-electron chi connectivity index (χ4n) is 2.95. The first-order valence-electron chi connectivity index (χ1n) is 7.99. The number of aryl methyl sites for hydroxylation is 1. The standard InChI is InChI=1S/C16H21N5O2.ClH/c17-11-12-5-8-20(9-6-12)15(22)7-10-21-16(23)13-3-1-2-4-14(13)18-19-21;/h1-4,12H,5-11,17H2;1H. The number of carbonyl (C=O) groups excluding carboxylic acids is 1. The molecule has 1 saturated heterocycles. The highest BCUT2D eigenvalue weighted by molar-refractivity contribution is 5.85. The van der Waals surface area contributed by atoms with Crippen molar-refractivity contribution in [3.05, 3.63) is 34.6 Å². The molecule has 7 nitrogen and oxygen atoms in total. The molecule has 3 rings (SSSR count). The molecule has 0 unspecified atom stereocenters. The Balaban J connectivity index is 0.00000208. The van der Waals surface area contributed by atoms with E-state index < -0.39 is 0 Å². The van der Waals surface area contributed by atoms with Crippen LogP contribution in [0, 0.1) is 5.92 Å². The van der Waals surface area contributed by atoms with Gasteiger partial charge in [-0.2, -0.15) is 0 Å². The van der Waals surface area contributed by atoms with E-state index in [-0.39, 0.29) is 36.8 Å². The van der Waals surface area contributed by atoms with Crippen LogP contribution in [0.4, 0.5) is 0 Å². The molecule has 2 N–H and O–H groups in total. The van der Waals surface area contributed by atoms with E-state index in [2.05, 4.69) is 10.3 Å². The Bertz CT molecular complexity index is 755. The summed E-state index contributed by atoms with van der Waals surface area (Å²) in [5.74, 6) is 0.579. The van der Waals surface area contributed by atoms with E-state index in [0.29, 0.717) is 23.4 Å². The normalized spacial score (nSPS) is 15.3. The fraction of sp³-hybridized carbons (Fsp3) is 0.500. The molecule has 1 amide bonds. The van der Waals surface area contributed by atoms with Gasteiger partial charge in [0.15, 0.2) is 0 Å². The molecule has 1 aromatic carbocycles. The predicted molar refractivity (Wildman–Crippen MR) is 94.0 cm³/mol. The minimum atomic E-state index is -0.203. The third kappa shape index (κ3) is 3.91. The van der Waals surface area contributed by atoms with Gasteiger partial charge in [-0.1, -0.05) is 17.3 Å². The number of amides is 1. The minimum absolute atomic E-state index is 0. The number of nitrogens with two attached hydrogens (primary N) is 1. The van der Waals surface area contributed by atoms with Crippen molar-refractivity contribution in [1.29, 1.82) is 0 Å². The van der Waals surface area contributed by atoms with Crippen LogP contribution in [-0.4, -0.2) is 45.4 Å². The molecule has 2 heterocycles. The van der Waals surface area contributed by atoms with E-state index in [4.69, 9.17) is 5.73 Å². The largest absolute Gasteiger partial charge is 0.343 e. The molecule has 130 valence electrons.